The SMILES string of the molecule is CN1C(=O)[C@@H](c2cccs2)[C@@](C)(c2cc(-c3cccc(N)c3)cs2)N=C1N. The van der Waals surface area contributed by atoms with Gasteiger partial charge in [-0.2, -0.15) is 0 Å². The zero-order valence-electron chi connectivity index (χ0n) is 15.0. The van der Waals surface area contributed by atoms with Gasteiger partial charge < -0.3 is 11.5 Å². The molecule has 0 fully saturated rings. The molecule has 2 atom stereocenters. The third kappa shape index (κ3) is 2.93. The van der Waals surface area contributed by atoms with Gasteiger partial charge in [-0.1, -0.05) is 18.2 Å². The minimum atomic E-state index is -0.748. The fourth-order valence-electron chi connectivity index (χ4n) is 3.45. The van der Waals surface area contributed by atoms with E-state index < -0.39 is 11.5 Å². The molecule has 0 radical (unpaired) electrons. The molecule has 3 aromatic rings. The van der Waals surface area contributed by atoms with Crippen LogP contribution in [-0.4, -0.2) is 23.8 Å². The fraction of sp³-hybridized carbons (Fsp3) is 0.200. The highest BCUT2D eigenvalue weighted by atomic mass is 32.1. The van der Waals surface area contributed by atoms with Gasteiger partial charge in [0.2, 0.25) is 5.91 Å². The number of nitrogens with zero attached hydrogens (tertiary/aromatic N) is 2. The summed E-state index contributed by atoms with van der Waals surface area (Å²) in [6, 6.07) is 13.8. The van der Waals surface area contributed by atoms with Gasteiger partial charge in [-0.15, -0.1) is 22.7 Å². The molecule has 4 N–H and O–H groups in total. The standard InChI is InChI=1S/C20H20N4OS2/c1-20(16-10-13(11-27-16)12-5-3-6-14(21)9-12)17(15-7-4-8-26-15)18(25)24(2)19(22)23-20/h3-11,17H,21H2,1-2H3,(H2,22,23)/t17-,20-/m1/s1. The molecule has 1 aromatic carbocycles. The number of likely N-dealkylation sites (N-methyl/N-ethyl adjacent to an activating group) is 1. The Balaban J connectivity index is 1.83. The Labute approximate surface area is 166 Å². The van der Waals surface area contributed by atoms with Crippen LogP contribution in [0.2, 0.25) is 0 Å². The lowest BCUT2D eigenvalue weighted by Crippen LogP contribution is -2.52. The smallest absolute Gasteiger partial charge is 0.240 e. The van der Waals surface area contributed by atoms with Crippen LogP contribution < -0.4 is 11.5 Å². The molecule has 0 saturated carbocycles. The number of guanidine groups is 1. The second-order valence-electron chi connectivity index (χ2n) is 6.79. The average Bonchev–Trinajstić information content (AvgIpc) is 3.32. The lowest BCUT2D eigenvalue weighted by atomic mass is 9.81. The molecule has 4 rings (SSSR count). The third-order valence-electron chi connectivity index (χ3n) is 4.98. The molecule has 1 aliphatic heterocycles. The molecule has 0 saturated heterocycles. The van der Waals surface area contributed by atoms with Crippen molar-refractivity contribution in [1.82, 2.24) is 4.90 Å². The zero-order valence-corrected chi connectivity index (χ0v) is 16.7. The van der Waals surface area contributed by atoms with Crippen molar-refractivity contribution in [2.45, 2.75) is 18.4 Å². The van der Waals surface area contributed by atoms with E-state index in [1.54, 1.807) is 29.7 Å². The van der Waals surface area contributed by atoms with E-state index in [0.29, 0.717) is 0 Å². The minimum Gasteiger partial charge on any atom is -0.399 e. The minimum absolute atomic E-state index is 0.0358. The van der Waals surface area contributed by atoms with E-state index in [0.717, 1.165) is 26.6 Å². The van der Waals surface area contributed by atoms with Gasteiger partial charge in [0, 0.05) is 22.5 Å². The summed E-state index contributed by atoms with van der Waals surface area (Å²) in [6.45, 7) is 1.99. The summed E-state index contributed by atoms with van der Waals surface area (Å²) in [7, 11) is 1.67. The van der Waals surface area contributed by atoms with E-state index in [9.17, 15) is 4.79 Å². The number of nitrogen functional groups attached to an aromatic ring is 1. The lowest BCUT2D eigenvalue weighted by molar-refractivity contribution is -0.130. The van der Waals surface area contributed by atoms with Gasteiger partial charge in [-0.25, -0.2) is 4.99 Å². The number of rotatable bonds is 3. The summed E-state index contributed by atoms with van der Waals surface area (Å²) < 4.78 is 0. The molecule has 27 heavy (non-hydrogen) atoms. The van der Waals surface area contributed by atoms with E-state index in [1.807, 2.05) is 48.7 Å². The predicted octanol–water partition coefficient (Wildman–Crippen LogP) is 3.84. The molecular weight excluding hydrogens is 376 g/mol. The molecule has 7 heteroatoms. The van der Waals surface area contributed by atoms with Crippen molar-refractivity contribution in [2.75, 3.05) is 12.8 Å². The highest BCUT2D eigenvalue weighted by Crippen LogP contribution is 2.47. The Kier molecular flexibility index (Phi) is 4.28. The molecule has 138 valence electrons. The van der Waals surface area contributed by atoms with Crippen molar-refractivity contribution in [3.63, 3.8) is 0 Å². The van der Waals surface area contributed by atoms with Crippen LogP contribution in [0.15, 0.2) is 58.2 Å². The highest BCUT2D eigenvalue weighted by molar-refractivity contribution is 7.11. The monoisotopic (exact) mass is 396 g/mol. The first-order valence-electron chi connectivity index (χ1n) is 8.51. The van der Waals surface area contributed by atoms with Gasteiger partial charge in [-0.3, -0.25) is 9.69 Å². The molecule has 0 aliphatic carbocycles. The van der Waals surface area contributed by atoms with E-state index in [-0.39, 0.29) is 11.9 Å². The second kappa shape index (κ2) is 6.51. The molecular formula is C20H20N4OS2. The van der Waals surface area contributed by atoms with Crippen LogP contribution in [0.1, 0.15) is 22.6 Å². The number of hydrogen-bond donors (Lipinski definition) is 2. The van der Waals surface area contributed by atoms with Crippen molar-refractivity contribution < 1.29 is 4.79 Å². The number of anilines is 1. The Morgan fingerprint density at radius 2 is 1.93 bits per heavy atom. The zero-order chi connectivity index (χ0) is 19.2. The number of thiophene rings is 2. The van der Waals surface area contributed by atoms with Gasteiger partial charge >= 0.3 is 0 Å². The van der Waals surface area contributed by atoms with Gasteiger partial charge in [0.05, 0.1) is 0 Å². The van der Waals surface area contributed by atoms with Crippen LogP contribution in [-0.2, 0) is 10.3 Å². The maximum absolute atomic E-state index is 13.1. The molecule has 3 heterocycles. The number of carbonyl (C=O) groups is 1. The molecule has 2 aromatic heterocycles. The van der Waals surface area contributed by atoms with Crippen molar-refractivity contribution in [1.29, 1.82) is 0 Å². The summed E-state index contributed by atoms with van der Waals surface area (Å²) in [5.74, 6) is -0.192. The number of hydrogen-bond acceptors (Lipinski definition) is 6. The molecule has 1 aliphatic rings. The number of carbonyl (C=O) groups excluding carboxylic acids is 1. The highest BCUT2D eigenvalue weighted by Gasteiger charge is 2.48. The van der Waals surface area contributed by atoms with Crippen molar-refractivity contribution in [3.8, 4) is 11.1 Å². The first kappa shape index (κ1) is 17.8. The Bertz CT molecular complexity index is 1020. The van der Waals surface area contributed by atoms with Gasteiger partial charge in [0.15, 0.2) is 5.96 Å². The lowest BCUT2D eigenvalue weighted by Gasteiger charge is -2.39. The summed E-state index contributed by atoms with van der Waals surface area (Å²) >= 11 is 3.16. The Hall–Kier alpha value is -2.64. The van der Waals surface area contributed by atoms with Crippen LogP contribution in [0.4, 0.5) is 5.69 Å². The largest absolute Gasteiger partial charge is 0.399 e. The first-order valence-corrected chi connectivity index (χ1v) is 10.3. The Morgan fingerprint density at radius 3 is 2.63 bits per heavy atom. The second-order valence-corrected chi connectivity index (χ2v) is 8.68. The van der Waals surface area contributed by atoms with Crippen LogP contribution in [0.3, 0.4) is 0 Å². The number of aliphatic imine (C=N–C) groups is 1. The predicted molar refractivity (Wildman–Crippen MR) is 113 cm³/mol. The van der Waals surface area contributed by atoms with E-state index in [4.69, 9.17) is 16.5 Å². The number of amides is 1. The van der Waals surface area contributed by atoms with E-state index in [2.05, 4.69) is 11.4 Å². The normalized spacial score (nSPS) is 22.7. The Morgan fingerprint density at radius 1 is 1.11 bits per heavy atom. The maximum atomic E-state index is 13.1. The number of benzene rings is 1. The van der Waals surface area contributed by atoms with Gasteiger partial charge in [0.25, 0.3) is 0 Å². The average molecular weight is 397 g/mol. The van der Waals surface area contributed by atoms with Gasteiger partial charge in [0.1, 0.15) is 11.5 Å². The summed E-state index contributed by atoms with van der Waals surface area (Å²) in [4.78, 5) is 21.3. The molecule has 0 bridgehead atoms. The summed E-state index contributed by atoms with van der Waals surface area (Å²) in [6.07, 6.45) is 0. The molecule has 0 spiro atoms. The molecule has 5 nitrogen and oxygen atoms in total. The van der Waals surface area contributed by atoms with Crippen molar-refractivity contribution >= 4 is 40.2 Å². The molecule has 0 unspecified atom stereocenters. The maximum Gasteiger partial charge on any atom is 0.240 e. The van der Waals surface area contributed by atoms with Crippen LogP contribution in [0, 0.1) is 0 Å². The third-order valence-corrected chi connectivity index (χ3v) is 7.07. The van der Waals surface area contributed by atoms with E-state index >= 15 is 0 Å². The summed E-state index contributed by atoms with van der Waals surface area (Å²) in [5, 5.41) is 4.06. The van der Waals surface area contributed by atoms with Crippen LogP contribution in [0.25, 0.3) is 11.1 Å². The summed E-state index contributed by atoms with van der Waals surface area (Å²) in [5.41, 5.74) is 14.1. The quantitative estimate of drug-likeness (QED) is 0.660. The number of nitrogens with two attached hydrogens (primary N) is 2. The molecule has 1 amide bonds. The first-order chi connectivity index (χ1) is 12.9. The van der Waals surface area contributed by atoms with Crippen LogP contribution in [0.5, 0.6) is 0 Å². The fourth-order valence-corrected chi connectivity index (χ4v) is 5.44. The van der Waals surface area contributed by atoms with Crippen molar-refractivity contribution in [2.24, 2.45) is 10.7 Å². The topological polar surface area (TPSA) is 84.7 Å². The van der Waals surface area contributed by atoms with Crippen LogP contribution >= 0.6 is 22.7 Å². The van der Waals surface area contributed by atoms with Crippen molar-refractivity contribution in [3.05, 3.63) is 63.0 Å². The van der Waals surface area contributed by atoms with E-state index in [1.165, 1.54) is 4.90 Å². The van der Waals surface area contributed by atoms with Gasteiger partial charge in [-0.05, 0) is 53.1 Å².